The quantitative estimate of drug-likeness (QED) is 0.895. The summed E-state index contributed by atoms with van der Waals surface area (Å²) in [5.74, 6) is -2.18. The van der Waals surface area contributed by atoms with E-state index in [-0.39, 0.29) is 16.7 Å². The van der Waals surface area contributed by atoms with Crippen LogP contribution in [0.2, 0.25) is 5.22 Å². The van der Waals surface area contributed by atoms with Crippen molar-refractivity contribution < 1.29 is 18.0 Å². The fraction of sp³-hybridized carbons (Fsp3) is 0. The highest BCUT2D eigenvalue weighted by atomic mass is 35.5. The van der Waals surface area contributed by atoms with Gasteiger partial charge in [0.1, 0.15) is 11.6 Å². The highest BCUT2D eigenvalue weighted by Crippen LogP contribution is 2.18. The third-order valence-electron chi connectivity index (χ3n) is 1.97. The molecular weight excluding hydrogens is 252 g/mol. The standard InChI is InChI=1S/C11H6ClF2NO2/c12-10-4-3-9(17-10)11(16)15-8-5-6(13)1-2-7(8)14/h1-5H,(H,15,16). The molecule has 0 radical (unpaired) electrons. The van der Waals surface area contributed by atoms with Crippen LogP contribution in [0.5, 0.6) is 0 Å². The molecule has 2 aromatic rings. The lowest BCUT2D eigenvalue weighted by Gasteiger charge is -2.04. The number of carbonyl (C=O) groups is 1. The van der Waals surface area contributed by atoms with Crippen molar-refractivity contribution in [1.29, 1.82) is 0 Å². The molecule has 0 aliphatic rings. The second kappa shape index (κ2) is 4.55. The molecule has 0 bridgehead atoms. The van der Waals surface area contributed by atoms with E-state index in [1.54, 1.807) is 0 Å². The van der Waals surface area contributed by atoms with Gasteiger partial charge >= 0.3 is 0 Å². The van der Waals surface area contributed by atoms with E-state index in [4.69, 9.17) is 16.0 Å². The van der Waals surface area contributed by atoms with E-state index in [9.17, 15) is 13.6 Å². The number of hydrogen-bond donors (Lipinski definition) is 1. The van der Waals surface area contributed by atoms with Crippen molar-refractivity contribution in [2.45, 2.75) is 0 Å². The average Bonchev–Trinajstić information content (AvgIpc) is 2.70. The van der Waals surface area contributed by atoms with Crippen molar-refractivity contribution >= 4 is 23.2 Å². The van der Waals surface area contributed by atoms with Crippen LogP contribution in [0.3, 0.4) is 0 Å². The van der Waals surface area contributed by atoms with Crippen LogP contribution in [-0.2, 0) is 0 Å². The molecule has 1 amide bonds. The van der Waals surface area contributed by atoms with Crippen molar-refractivity contribution in [1.82, 2.24) is 0 Å². The molecule has 0 unspecified atom stereocenters. The number of amides is 1. The lowest BCUT2D eigenvalue weighted by Crippen LogP contribution is -2.12. The lowest BCUT2D eigenvalue weighted by atomic mass is 10.3. The molecule has 0 fully saturated rings. The molecule has 0 aliphatic heterocycles. The number of furan rings is 1. The highest BCUT2D eigenvalue weighted by molar-refractivity contribution is 6.29. The monoisotopic (exact) mass is 257 g/mol. The first-order valence-corrected chi connectivity index (χ1v) is 4.96. The van der Waals surface area contributed by atoms with Crippen LogP contribution in [0.15, 0.2) is 34.7 Å². The molecule has 0 spiro atoms. The van der Waals surface area contributed by atoms with Crippen molar-refractivity contribution in [3.8, 4) is 0 Å². The Morgan fingerprint density at radius 1 is 1.24 bits per heavy atom. The Labute approximate surface area is 100.0 Å². The van der Waals surface area contributed by atoms with Gasteiger partial charge in [0, 0.05) is 6.07 Å². The predicted octanol–water partition coefficient (Wildman–Crippen LogP) is 3.46. The molecule has 1 heterocycles. The van der Waals surface area contributed by atoms with Gasteiger partial charge in [0.2, 0.25) is 0 Å². The van der Waals surface area contributed by atoms with Crippen molar-refractivity contribution in [2.75, 3.05) is 5.32 Å². The summed E-state index contributed by atoms with van der Waals surface area (Å²) in [5.41, 5.74) is -0.262. The Balaban J connectivity index is 2.21. The zero-order chi connectivity index (χ0) is 12.4. The van der Waals surface area contributed by atoms with E-state index in [1.165, 1.54) is 12.1 Å². The average molecular weight is 258 g/mol. The van der Waals surface area contributed by atoms with Gasteiger partial charge in [-0.05, 0) is 35.9 Å². The van der Waals surface area contributed by atoms with Crippen LogP contribution in [0.4, 0.5) is 14.5 Å². The zero-order valence-corrected chi connectivity index (χ0v) is 9.09. The van der Waals surface area contributed by atoms with Gasteiger partial charge in [0.15, 0.2) is 11.0 Å². The molecule has 1 aromatic carbocycles. The second-order valence-electron chi connectivity index (χ2n) is 3.18. The first-order valence-electron chi connectivity index (χ1n) is 4.58. The van der Waals surface area contributed by atoms with Crippen LogP contribution in [0, 0.1) is 11.6 Å². The molecule has 0 atom stereocenters. The predicted molar refractivity (Wildman–Crippen MR) is 58.0 cm³/mol. The van der Waals surface area contributed by atoms with E-state index < -0.39 is 17.5 Å². The molecule has 2 rings (SSSR count). The van der Waals surface area contributed by atoms with Gasteiger partial charge in [-0.1, -0.05) is 0 Å². The maximum absolute atomic E-state index is 13.2. The molecule has 88 valence electrons. The number of anilines is 1. The topological polar surface area (TPSA) is 42.2 Å². The van der Waals surface area contributed by atoms with Gasteiger partial charge < -0.3 is 9.73 Å². The van der Waals surface area contributed by atoms with Crippen molar-refractivity contribution in [3.05, 3.63) is 52.9 Å². The van der Waals surface area contributed by atoms with E-state index in [1.807, 2.05) is 0 Å². The van der Waals surface area contributed by atoms with Crippen LogP contribution in [0.25, 0.3) is 0 Å². The molecule has 0 saturated heterocycles. The number of halogens is 3. The molecular formula is C11H6ClF2NO2. The normalized spacial score (nSPS) is 10.3. The summed E-state index contributed by atoms with van der Waals surface area (Å²) < 4.78 is 30.9. The molecule has 1 aromatic heterocycles. The Kier molecular flexibility index (Phi) is 3.10. The maximum Gasteiger partial charge on any atom is 0.291 e. The summed E-state index contributed by atoms with van der Waals surface area (Å²) in [6.45, 7) is 0. The third-order valence-corrected chi connectivity index (χ3v) is 2.18. The van der Waals surface area contributed by atoms with Gasteiger partial charge in [-0.15, -0.1) is 0 Å². The molecule has 1 N–H and O–H groups in total. The number of carbonyl (C=O) groups excluding carboxylic acids is 1. The van der Waals surface area contributed by atoms with Crippen LogP contribution < -0.4 is 5.32 Å². The van der Waals surface area contributed by atoms with Gasteiger partial charge in [0.05, 0.1) is 5.69 Å². The highest BCUT2D eigenvalue weighted by Gasteiger charge is 2.13. The minimum absolute atomic E-state index is 0.0369. The van der Waals surface area contributed by atoms with Crippen molar-refractivity contribution in [2.24, 2.45) is 0 Å². The van der Waals surface area contributed by atoms with E-state index >= 15 is 0 Å². The van der Waals surface area contributed by atoms with Gasteiger partial charge in [0.25, 0.3) is 5.91 Å². The summed E-state index contributed by atoms with van der Waals surface area (Å²) >= 11 is 5.48. The Bertz CT molecular complexity index is 568. The minimum Gasteiger partial charge on any atom is -0.440 e. The van der Waals surface area contributed by atoms with Crippen LogP contribution in [-0.4, -0.2) is 5.91 Å². The summed E-state index contributed by atoms with van der Waals surface area (Å²) in [5, 5.41) is 2.21. The van der Waals surface area contributed by atoms with E-state index in [0.717, 1.165) is 18.2 Å². The van der Waals surface area contributed by atoms with Gasteiger partial charge in [-0.3, -0.25) is 4.79 Å². The smallest absolute Gasteiger partial charge is 0.291 e. The van der Waals surface area contributed by atoms with E-state index in [2.05, 4.69) is 5.32 Å². The lowest BCUT2D eigenvalue weighted by molar-refractivity contribution is 0.0996. The first kappa shape index (κ1) is 11.6. The van der Waals surface area contributed by atoms with Gasteiger partial charge in [-0.25, -0.2) is 8.78 Å². The van der Waals surface area contributed by atoms with E-state index in [0.29, 0.717) is 0 Å². The SMILES string of the molecule is O=C(Nc1cc(F)ccc1F)c1ccc(Cl)o1. The second-order valence-corrected chi connectivity index (χ2v) is 3.55. The number of benzene rings is 1. The largest absolute Gasteiger partial charge is 0.440 e. The van der Waals surface area contributed by atoms with Crippen LogP contribution in [0.1, 0.15) is 10.6 Å². The summed E-state index contributed by atoms with van der Waals surface area (Å²) in [4.78, 5) is 11.5. The van der Waals surface area contributed by atoms with Crippen LogP contribution >= 0.6 is 11.6 Å². The van der Waals surface area contributed by atoms with Gasteiger partial charge in [-0.2, -0.15) is 0 Å². The fourth-order valence-corrected chi connectivity index (χ4v) is 1.36. The Morgan fingerprint density at radius 2 is 2.00 bits per heavy atom. The summed E-state index contributed by atoms with van der Waals surface area (Å²) in [6, 6.07) is 5.44. The minimum atomic E-state index is -0.739. The summed E-state index contributed by atoms with van der Waals surface area (Å²) in [7, 11) is 0. The molecule has 6 heteroatoms. The zero-order valence-electron chi connectivity index (χ0n) is 8.34. The molecule has 3 nitrogen and oxygen atoms in total. The molecule has 0 saturated carbocycles. The summed E-state index contributed by atoms with van der Waals surface area (Å²) in [6.07, 6.45) is 0. The first-order chi connectivity index (χ1) is 8.06. The molecule has 17 heavy (non-hydrogen) atoms. The van der Waals surface area contributed by atoms with Crippen molar-refractivity contribution in [3.63, 3.8) is 0 Å². The number of rotatable bonds is 2. The third kappa shape index (κ3) is 2.62. The Morgan fingerprint density at radius 3 is 2.65 bits per heavy atom. The molecule has 0 aliphatic carbocycles. The fourth-order valence-electron chi connectivity index (χ4n) is 1.21. The maximum atomic E-state index is 13.2. The number of hydrogen-bond acceptors (Lipinski definition) is 2. The number of nitrogens with one attached hydrogen (secondary N) is 1. The Hall–Kier alpha value is -1.88.